The van der Waals surface area contributed by atoms with Crippen LogP contribution in [0.3, 0.4) is 0 Å². The minimum absolute atomic E-state index is 0.163. The maximum absolute atomic E-state index is 13.9. The first kappa shape index (κ1) is 21.9. The molecule has 0 bridgehead atoms. The molecule has 0 spiro atoms. The number of hydrogen-bond donors (Lipinski definition) is 1. The van der Waals surface area contributed by atoms with Gasteiger partial charge in [0.25, 0.3) is 0 Å². The van der Waals surface area contributed by atoms with E-state index < -0.39 is 18.2 Å². The number of imidazole rings is 1. The highest BCUT2D eigenvalue weighted by atomic mass is 19.1. The number of pyridine rings is 1. The van der Waals surface area contributed by atoms with Gasteiger partial charge >= 0.3 is 5.97 Å². The third-order valence-corrected chi connectivity index (χ3v) is 6.07. The molecule has 5 rings (SSSR count). The van der Waals surface area contributed by atoms with E-state index >= 15 is 0 Å². The zero-order valence-corrected chi connectivity index (χ0v) is 18.7. The second-order valence-electron chi connectivity index (χ2n) is 8.13. The summed E-state index contributed by atoms with van der Waals surface area (Å²) in [6, 6.07) is 14.7. The van der Waals surface area contributed by atoms with Crippen molar-refractivity contribution in [1.29, 1.82) is 0 Å². The molecule has 0 unspecified atom stereocenters. The van der Waals surface area contributed by atoms with Crippen molar-refractivity contribution in [3.63, 3.8) is 0 Å². The molecule has 0 amide bonds. The standard InChI is InChI=1S/C26H23FN2O5/c1-15-21(14-30)29-11-3-4-22(25(29)28-15)33-24-20-10-7-18(27)12-17(20)13-23(24)34-26(31)16-5-8-19(32-2)9-6-16/h3-12,23-24,30H,13-14H2,1-2H3/t23-,24-/m1/s1. The summed E-state index contributed by atoms with van der Waals surface area (Å²) in [4.78, 5) is 17.4. The fourth-order valence-corrected chi connectivity index (χ4v) is 4.35. The number of halogens is 1. The van der Waals surface area contributed by atoms with E-state index in [1.807, 2.05) is 6.92 Å². The van der Waals surface area contributed by atoms with Gasteiger partial charge in [0.2, 0.25) is 0 Å². The van der Waals surface area contributed by atoms with Gasteiger partial charge in [-0.2, -0.15) is 0 Å². The monoisotopic (exact) mass is 462 g/mol. The van der Waals surface area contributed by atoms with Crippen LogP contribution in [-0.2, 0) is 17.8 Å². The molecule has 0 radical (unpaired) electrons. The average molecular weight is 462 g/mol. The number of aliphatic hydroxyl groups excluding tert-OH is 1. The quantitative estimate of drug-likeness (QED) is 0.433. The Labute approximate surface area is 195 Å². The lowest BCUT2D eigenvalue weighted by molar-refractivity contribution is -0.00285. The highest BCUT2D eigenvalue weighted by Crippen LogP contribution is 2.39. The number of aryl methyl sites for hydroxylation is 1. The Morgan fingerprint density at radius 1 is 1.21 bits per heavy atom. The van der Waals surface area contributed by atoms with E-state index in [0.717, 1.165) is 11.1 Å². The molecule has 0 aliphatic heterocycles. The molecule has 8 heteroatoms. The SMILES string of the molecule is COc1ccc(C(=O)O[C@@H]2Cc3cc(F)ccc3[C@H]2Oc2cccn3c(CO)c(C)nc23)cc1. The van der Waals surface area contributed by atoms with E-state index in [-0.39, 0.29) is 12.4 Å². The number of benzene rings is 2. The Kier molecular flexibility index (Phi) is 5.67. The Hall–Kier alpha value is -3.91. The highest BCUT2D eigenvalue weighted by Gasteiger charge is 2.38. The van der Waals surface area contributed by atoms with Crippen LogP contribution in [0.4, 0.5) is 4.39 Å². The fraction of sp³-hybridized carbons (Fsp3) is 0.231. The summed E-state index contributed by atoms with van der Waals surface area (Å²) in [5, 5.41) is 9.72. The van der Waals surface area contributed by atoms with Crippen molar-refractivity contribution in [2.75, 3.05) is 7.11 Å². The maximum atomic E-state index is 13.9. The number of methoxy groups -OCH3 is 1. The minimum atomic E-state index is -0.667. The van der Waals surface area contributed by atoms with Gasteiger partial charge in [0.05, 0.1) is 30.7 Å². The van der Waals surface area contributed by atoms with E-state index in [4.69, 9.17) is 14.2 Å². The van der Waals surface area contributed by atoms with Gasteiger partial charge in [-0.25, -0.2) is 14.2 Å². The minimum Gasteiger partial charge on any atom is -0.497 e. The molecule has 174 valence electrons. The zero-order chi connectivity index (χ0) is 23.8. The molecule has 0 saturated heterocycles. The molecule has 2 aromatic heterocycles. The number of nitrogens with zero attached hydrogens (tertiary/aromatic N) is 2. The van der Waals surface area contributed by atoms with Crippen LogP contribution < -0.4 is 9.47 Å². The summed E-state index contributed by atoms with van der Waals surface area (Å²) in [6.45, 7) is 1.65. The van der Waals surface area contributed by atoms with E-state index in [0.29, 0.717) is 40.5 Å². The normalized spacial score (nSPS) is 16.9. The van der Waals surface area contributed by atoms with Gasteiger partial charge in [0.1, 0.15) is 17.7 Å². The van der Waals surface area contributed by atoms with Gasteiger partial charge < -0.3 is 19.3 Å². The summed E-state index contributed by atoms with van der Waals surface area (Å²) in [7, 11) is 1.55. The van der Waals surface area contributed by atoms with Crippen LogP contribution in [0.5, 0.6) is 11.5 Å². The van der Waals surface area contributed by atoms with E-state index in [1.165, 1.54) is 12.1 Å². The molecule has 7 nitrogen and oxygen atoms in total. The molecular weight excluding hydrogens is 439 g/mol. The van der Waals surface area contributed by atoms with E-state index in [2.05, 4.69) is 4.98 Å². The molecule has 1 aliphatic rings. The Balaban J connectivity index is 1.48. The van der Waals surface area contributed by atoms with Crippen molar-refractivity contribution in [2.24, 2.45) is 0 Å². The third kappa shape index (κ3) is 3.86. The lowest BCUT2D eigenvalue weighted by Crippen LogP contribution is -2.26. The van der Waals surface area contributed by atoms with Gasteiger partial charge in [0.15, 0.2) is 17.5 Å². The van der Waals surface area contributed by atoms with Crippen LogP contribution in [0.1, 0.15) is 39.0 Å². The Morgan fingerprint density at radius 2 is 2.00 bits per heavy atom. The van der Waals surface area contributed by atoms with Crippen LogP contribution in [0.25, 0.3) is 5.65 Å². The second-order valence-corrected chi connectivity index (χ2v) is 8.13. The highest BCUT2D eigenvalue weighted by molar-refractivity contribution is 5.89. The summed E-state index contributed by atoms with van der Waals surface area (Å²) in [6.07, 6.45) is 0.795. The number of rotatable bonds is 6. The number of carbonyl (C=O) groups is 1. The Morgan fingerprint density at radius 3 is 2.74 bits per heavy atom. The number of aromatic nitrogens is 2. The number of ether oxygens (including phenoxy) is 3. The third-order valence-electron chi connectivity index (χ3n) is 6.07. The number of carbonyl (C=O) groups excluding carboxylic acids is 1. The van der Waals surface area contributed by atoms with Crippen LogP contribution in [0, 0.1) is 12.7 Å². The van der Waals surface area contributed by atoms with E-state index in [1.54, 1.807) is 60.2 Å². The molecule has 2 heterocycles. The van der Waals surface area contributed by atoms with Crippen molar-refractivity contribution in [3.05, 3.63) is 94.7 Å². The van der Waals surface area contributed by atoms with Crippen molar-refractivity contribution in [1.82, 2.24) is 9.38 Å². The van der Waals surface area contributed by atoms with Crippen molar-refractivity contribution < 1.29 is 28.5 Å². The molecule has 4 aromatic rings. The van der Waals surface area contributed by atoms with Crippen molar-refractivity contribution in [3.8, 4) is 11.5 Å². The first-order valence-electron chi connectivity index (χ1n) is 10.9. The summed E-state index contributed by atoms with van der Waals surface area (Å²) in [5.74, 6) is 0.231. The van der Waals surface area contributed by atoms with Crippen LogP contribution in [0.15, 0.2) is 60.8 Å². The molecule has 0 fully saturated rings. The first-order chi connectivity index (χ1) is 16.5. The number of aliphatic hydroxyl groups is 1. The molecular formula is C26H23FN2O5. The topological polar surface area (TPSA) is 82.3 Å². The molecule has 1 N–H and O–H groups in total. The van der Waals surface area contributed by atoms with Crippen LogP contribution in [-0.4, -0.2) is 33.7 Å². The van der Waals surface area contributed by atoms with Gasteiger partial charge in [0, 0.05) is 12.6 Å². The predicted octanol–water partition coefficient (Wildman–Crippen LogP) is 4.18. The van der Waals surface area contributed by atoms with E-state index in [9.17, 15) is 14.3 Å². The van der Waals surface area contributed by atoms with Gasteiger partial charge in [-0.1, -0.05) is 6.07 Å². The summed E-state index contributed by atoms with van der Waals surface area (Å²) in [5.41, 5.74) is 3.74. The first-order valence-corrected chi connectivity index (χ1v) is 10.9. The number of fused-ring (bicyclic) bond motifs is 2. The lowest BCUT2D eigenvalue weighted by Gasteiger charge is -2.22. The Bertz CT molecular complexity index is 1370. The van der Waals surface area contributed by atoms with Gasteiger partial charge in [-0.05, 0) is 66.6 Å². The molecule has 2 aromatic carbocycles. The van der Waals surface area contributed by atoms with Crippen molar-refractivity contribution in [2.45, 2.75) is 32.2 Å². The molecule has 34 heavy (non-hydrogen) atoms. The number of esters is 1. The van der Waals surface area contributed by atoms with Gasteiger partial charge in [-0.15, -0.1) is 0 Å². The zero-order valence-electron chi connectivity index (χ0n) is 18.7. The second kappa shape index (κ2) is 8.79. The summed E-state index contributed by atoms with van der Waals surface area (Å²) >= 11 is 0. The smallest absolute Gasteiger partial charge is 0.338 e. The molecule has 0 saturated carbocycles. The average Bonchev–Trinajstić information content (AvgIpc) is 3.35. The lowest BCUT2D eigenvalue weighted by atomic mass is 10.1. The van der Waals surface area contributed by atoms with Gasteiger partial charge in [-0.3, -0.25) is 4.40 Å². The molecule has 2 atom stereocenters. The number of hydrogen-bond acceptors (Lipinski definition) is 6. The predicted molar refractivity (Wildman–Crippen MR) is 122 cm³/mol. The summed E-state index contributed by atoms with van der Waals surface area (Å²) < 4.78 is 33.1. The van der Waals surface area contributed by atoms with Crippen LogP contribution >= 0.6 is 0 Å². The molecule has 1 aliphatic carbocycles. The van der Waals surface area contributed by atoms with Crippen molar-refractivity contribution >= 4 is 11.6 Å². The fourth-order valence-electron chi connectivity index (χ4n) is 4.35. The largest absolute Gasteiger partial charge is 0.497 e. The maximum Gasteiger partial charge on any atom is 0.338 e. The van der Waals surface area contributed by atoms with Crippen LogP contribution in [0.2, 0.25) is 0 Å².